The molecule has 1 unspecified atom stereocenters. The third-order valence-corrected chi connectivity index (χ3v) is 3.74. The Balaban J connectivity index is 1.76. The molecule has 2 rings (SSSR count). The molecule has 3 heteroatoms. The Morgan fingerprint density at radius 2 is 2.18 bits per heavy atom. The lowest BCUT2D eigenvalue weighted by atomic mass is 9.87. The summed E-state index contributed by atoms with van der Waals surface area (Å²) in [5, 5.41) is 4.41. The maximum absolute atomic E-state index is 5.79. The molecule has 17 heavy (non-hydrogen) atoms. The van der Waals surface area contributed by atoms with Gasteiger partial charge in [-0.3, -0.25) is 4.68 Å². The van der Waals surface area contributed by atoms with Gasteiger partial charge >= 0.3 is 0 Å². The van der Waals surface area contributed by atoms with Gasteiger partial charge in [0.15, 0.2) is 0 Å². The van der Waals surface area contributed by atoms with E-state index in [2.05, 4.69) is 16.0 Å². The zero-order chi connectivity index (χ0) is 12.1. The predicted octanol–water partition coefficient (Wildman–Crippen LogP) is 2.74. The van der Waals surface area contributed by atoms with E-state index in [1.165, 1.54) is 44.1 Å². The van der Waals surface area contributed by atoms with Crippen LogP contribution in [-0.4, -0.2) is 15.8 Å². The molecule has 1 aromatic rings. The van der Waals surface area contributed by atoms with Gasteiger partial charge in [0.1, 0.15) is 0 Å². The van der Waals surface area contributed by atoms with Crippen LogP contribution in [0.25, 0.3) is 0 Å². The largest absolute Gasteiger partial charge is 0.328 e. The summed E-state index contributed by atoms with van der Waals surface area (Å²) in [6, 6.07) is 0.228. The van der Waals surface area contributed by atoms with Crippen molar-refractivity contribution in [2.75, 3.05) is 0 Å². The Kier molecular flexibility index (Phi) is 4.60. The maximum atomic E-state index is 5.79. The lowest BCUT2D eigenvalue weighted by Gasteiger charge is -2.21. The third kappa shape index (κ3) is 4.15. The summed E-state index contributed by atoms with van der Waals surface area (Å²) in [6.45, 7) is 3.11. The van der Waals surface area contributed by atoms with Crippen LogP contribution in [0.15, 0.2) is 12.4 Å². The van der Waals surface area contributed by atoms with E-state index < -0.39 is 0 Å². The molecule has 1 aliphatic carbocycles. The van der Waals surface area contributed by atoms with Crippen LogP contribution < -0.4 is 5.73 Å². The number of aromatic nitrogens is 2. The molecule has 0 aliphatic heterocycles. The van der Waals surface area contributed by atoms with Crippen molar-refractivity contribution in [1.29, 1.82) is 0 Å². The van der Waals surface area contributed by atoms with Crippen molar-refractivity contribution in [2.45, 2.75) is 64.5 Å². The van der Waals surface area contributed by atoms with Crippen LogP contribution in [-0.2, 0) is 13.0 Å². The zero-order valence-electron chi connectivity index (χ0n) is 10.9. The molecular formula is C14H25N3. The van der Waals surface area contributed by atoms with Crippen LogP contribution in [0.5, 0.6) is 0 Å². The van der Waals surface area contributed by atoms with Crippen molar-refractivity contribution in [2.24, 2.45) is 11.7 Å². The van der Waals surface area contributed by atoms with E-state index in [-0.39, 0.29) is 6.04 Å². The molecule has 0 amide bonds. The van der Waals surface area contributed by atoms with Gasteiger partial charge in [-0.2, -0.15) is 5.10 Å². The van der Waals surface area contributed by atoms with Gasteiger partial charge in [0.2, 0.25) is 0 Å². The summed E-state index contributed by atoms with van der Waals surface area (Å²) in [5.41, 5.74) is 7.05. The van der Waals surface area contributed by atoms with Gasteiger partial charge in [0.05, 0.1) is 6.20 Å². The zero-order valence-corrected chi connectivity index (χ0v) is 10.9. The summed E-state index contributed by atoms with van der Waals surface area (Å²) in [6.07, 6.45) is 13.5. The lowest BCUT2D eigenvalue weighted by Crippen LogP contribution is -2.17. The first kappa shape index (κ1) is 12.6. The number of rotatable bonds is 5. The topological polar surface area (TPSA) is 43.8 Å². The average Bonchev–Trinajstić information content (AvgIpc) is 2.75. The van der Waals surface area contributed by atoms with E-state index in [9.17, 15) is 0 Å². The maximum Gasteiger partial charge on any atom is 0.0522 e. The van der Waals surface area contributed by atoms with Gasteiger partial charge in [-0.1, -0.05) is 32.1 Å². The lowest BCUT2D eigenvalue weighted by molar-refractivity contribution is 0.319. The smallest absolute Gasteiger partial charge is 0.0522 e. The van der Waals surface area contributed by atoms with Crippen molar-refractivity contribution < 1.29 is 0 Å². The molecule has 0 radical (unpaired) electrons. The van der Waals surface area contributed by atoms with E-state index >= 15 is 0 Å². The highest BCUT2D eigenvalue weighted by atomic mass is 15.3. The Bertz CT molecular complexity index is 324. The molecule has 0 spiro atoms. The second-order valence-corrected chi connectivity index (χ2v) is 5.59. The van der Waals surface area contributed by atoms with E-state index in [1.54, 1.807) is 0 Å². The monoisotopic (exact) mass is 235 g/mol. The number of hydrogen-bond acceptors (Lipinski definition) is 2. The minimum atomic E-state index is 0.228. The van der Waals surface area contributed by atoms with Gasteiger partial charge in [-0.25, -0.2) is 0 Å². The molecule has 0 bridgehead atoms. The first-order chi connectivity index (χ1) is 8.24. The van der Waals surface area contributed by atoms with Crippen LogP contribution in [0.3, 0.4) is 0 Å². The van der Waals surface area contributed by atoms with Crippen molar-refractivity contribution in [1.82, 2.24) is 9.78 Å². The van der Waals surface area contributed by atoms with Crippen molar-refractivity contribution >= 4 is 0 Å². The highest BCUT2D eigenvalue weighted by Gasteiger charge is 2.13. The third-order valence-electron chi connectivity index (χ3n) is 3.74. The first-order valence-electron chi connectivity index (χ1n) is 7.01. The molecule has 2 N–H and O–H groups in total. The second kappa shape index (κ2) is 6.20. The molecule has 1 aromatic heterocycles. The molecule has 1 atom stereocenters. The molecule has 0 aromatic carbocycles. The first-order valence-corrected chi connectivity index (χ1v) is 7.01. The molecule has 96 valence electrons. The summed E-state index contributed by atoms with van der Waals surface area (Å²) < 4.78 is 2.09. The van der Waals surface area contributed by atoms with Crippen molar-refractivity contribution in [3.63, 3.8) is 0 Å². The van der Waals surface area contributed by atoms with Gasteiger partial charge in [-0.05, 0) is 31.2 Å². The van der Waals surface area contributed by atoms with Gasteiger partial charge in [0.25, 0.3) is 0 Å². The molecular weight excluding hydrogens is 210 g/mol. The fraction of sp³-hybridized carbons (Fsp3) is 0.786. The normalized spacial score (nSPS) is 19.4. The minimum Gasteiger partial charge on any atom is -0.328 e. The van der Waals surface area contributed by atoms with Crippen molar-refractivity contribution in [3.8, 4) is 0 Å². The molecule has 1 heterocycles. The summed E-state index contributed by atoms with van der Waals surface area (Å²) in [5.74, 6) is 0.935. The van der Waals surface area contributed by atoms with Crippen LogP contribution >= 0.6 is 0 Å². The standard InChI is InChI=1S/C14H25N3/c1-12(15)9-14-10-16-17(11-14)8-7-13-5-3-2-4-6-13/h10-13H,2-9,15H2,1H3. The number of nitrogens with zero attached hydrogens (tertiary/aromatic N) is 2. The second-order valence-electron chi connectivity index (χ2n) is 5.59. The molecule has 3 nitrogen and oxygen atoms in total. The quantitative estimate of drug-likeness (QED) is 0.853. The fourth-order valence-corrected chi connectivity index (χ4v) is 2.80. The van der Waals surface area contributed by atoms with Gasteiger partial charge < -0.3 is 5.73 Å². The van der Waals surface area contributed by atoms with Crippen LogP contribution in [0.4, 0.5) is 0 Å². The Morgan fingerprint density at radius 3 is 2.88 bits per heavy atom. The molecule has 1 saturated carbocycles. The predicted molar refractivity (Wildman–Crippen MR) is 70.8 cm³/mol. The highest BCUT2D eigenvalue weighted by Crippen LogP contribution is 2.26. The van der Waals surface area contributed by atoms with Crippen LogP contribution in [0.2, 0.25) is 0 Å². The van der Waals surface area contributed by atoms with Gasteiger partial charge in [-0.15, -0.1) is 0 Å². The highest BCUT2D eigenvalue weighted by molar-refractivity contribution is 5.05. The van der Waals surface area contributed by atoms with E-state index in [0.717, 1.165) is 18.9 Å². The SMILES string of the molecule is CC(N)Cc1cnn(CCC2CCCCC2)c1. The Hall–Kier alpha value is -0.830. The average molecular weight is 235 g/mol. The molecule has 1 aliphatic rings. The van der Waals surface area contributed by atoms with E-state index in [4.69, 9.17) is 5.73 Å². The fourth-order valence-electron chi connectivity index (χ4n) is 2.80. The van der Waals surface area contributed by atoms with Crippen LogP contribution in [0, 0.1) is 5.92 Å². The Labute approximate surface area is 104 Å². The minimum absolute atomic E-state index is 0.228. The summed E-state index contributed by atoms with van der Waals surface area (Å²) in [4.78, 5) is 0. The number of aryl methyl sites for hydroxylation is 1. The Morgan fingerprint density at radius 1 is 1.41 bits per heavy atom. The number of nitrogens with two attached hydrogens (primary N) is 1. The van der Waals surface area contributed by atoms with Gasteiger partial charge in [0, 0.05) is 18.8 Å². The van der Waals surface area contributed by atoms with Crippen LogP contribution in [0.1, 0.15) is 51.0 Å². The molecule has 1 fully saturated rings. The number of hydrogen-bond donors (Lipinski definition) is 1. The summed E-state index contributed by atoms with van der Waals surface area (Å²) >= 11 is 0. The van der Waals surface area contributed by atoms with E-state index in [1.807, 2.05) is 13.1 Å². The molecule has 0 saturated heterocycles. The van der Waals surface area contributed by atoms with Crippen molar-refractivity contribution in [3.05, 3.63) is 18.0 Å². The summed E-state index contributed by atoms with van der Waals surface area (Å²) in [7, 11) is 0. The van der Waals surface area contributed by atoms with E-state index in [0.29, 0.717) is 0 Å².